The molecule has 0 bridgehead atoms. The molecule has 118 valence electrons. The quantitative estimate of drug-likeness (QED) is 0.668. The van der Waals surface area contributed by atoms with Gasteiger partial charge in [-0.05, 0) is 49.1 Å². The Morgan fingerprint density at radius 2 is 1.95 bits per heavy atom. The van der Waals surface area contributed by atoms with Gasteiger partial charge in [-0.1, -0.05) is 13.0 Å². The Morgan fingerprint density at radius 3 is 2.57 bits per heavy atom. The maximum atomic E-state index is 12.3. The summed E-state index contributed by atoms with van der Waals surface area (Å²) < 4.78 is 62.9. The summed E-state index contributed by atoms with van der Waals surface area (Å²) in [6.45, 7) is 2.91. The average molecular weight is 323 g/mol. The van der Waals surface area contributed by atoms with Crippen molar-refractivity contribution in [2.75, 3.05) is 6.54 Å². The van der Waals surface area contributed by atoms with Crippen molar-refractivity contribution in [1.82, 2.24) is 5.32 Å². The molecule has 4 nitrogen and oxygen atoms in total. The molecule has 0 aliphatic heterocycles. The first kappa shape index (κ1) is 16.1. The number of hydrogen-bond donors (Lipinski definition) is 1. The van der Waals surface area contributed by atoms with E-state index in [1.807, 2.05) is 6.92 Å². The highest BCUT2D eigenvalue weighted by Crippen LogP contribution is 2.30. The van der Waals surface area contributed by atoms with Gasteiger partial charge in [0.15, 0.2) is 0 Å². The number of rotatable bonds is 5. The molecule has 1 unspecified atom stereocenters. The molecule has 0 aromatic heterocycles. The molecular weight excluding hydrogens is 307 g/mol. The lowest BCUT2D eigenvalue weighted by molar-refractivity contribution is -0.0500. The molecule has 1 atom stereocenters. The zero-order valence-electron chi connectivity index (χ0n) is 11.4. The first-order valence-corrected chi connectivity index (χ1v) is 7.99. The number of benzene rings is 1. The van der Waals surface area contributed by atoms with Gasteiger partial charge in [-0.3, -0.25) is 0 Å². The number of fused-ring (bicyclic) bond motifs is 1. The summed E-state index contributed by atoms with van der Waals surface area (Å²) in [5.41, 5.74) is -3.60. The summed E-state index contributed by atoms with van der Waals surface area (Å²) in [5.74, 6) is -0.304. The standard InChI is InChI=1S/C13H16F3NO3S/c1-2-5-17-11-6-9-3-4-12(8-10(9)7-11)20-21(18,19)13(14,15)16/h3-4,8,11,17H,2,5-7H2,1H3. The van der Waals surface area contributed by atoms with Crippen LogP contribution in [0.25, 0.3) is 0 Å². The number of nitrogens with one attached hydrogen (secondary N) is 1. The predicted molar refractivity (Wildman–Crippen MR) is 71.5 cm³/mol. The van der Waals surface area contributed by atoms with E-state index in [0.29, 0.717) is 6.42 Å². The van der Waals surface area contributed by atoms with Crippen molar-refractivity contribution in [1.29, 1.82) is 0 Å². The lowest BCUT2D eigenvalue weighted by Gasteiger charge is -2.10. The van der Waals surface area contributed by atoms with E-state index in [9.17, 15) is 21.6 Å². The van der Waals surface area contributed by atoms with E-state index in [2.05, 4.69) is 9.50 Å². The third-order valence-corrected chi connectivity index (χ3v) is 4.26. The maximum absolute atomic E-state index is 12.3. The summed E-state index contributed by atoms with van der Waals surface area (Å²) in [6, 6.07) is 4.47. The van der Waals surface area contributed by atoms with Crippen LogP contribution < -0.4 is 9.50 Å². The highest BCUT2D eigenvalue weighted by Gasteiger charge is 2.48. The highest BCUT2D eigenvalue weighted by molar-refractivity contribution is 7.87. The summed E-state index contributed by atoms with van der Waals surface area (Å²) in [6.07, 6.45) is 2.42. The first-order chi connectivity index (χ1) is 9.73. The minimum absolute atomic E-state index is 0.231. The summed E-state index contributed by atoms with van der Waals surface area (Å²) in [5, 5.41) is 3.33. The maximum Gasteiger partial charge on any atom is 0.534 e. The predicted octanol–water partition coefficient (Wildman–Crippen LogP) is 2.38. The van der Waals surface area contributed by atoms with Crippen molar-refractivity contribution in [2.24, 2.45) is 0 Å². The van der Waals surface area contributed by atoms with E-state index in [1.54, 1.807) is 6.07 Å². The summed E-state index contributed by atoms with van der Waals surface area (Å²) in [4.78, 5) is 0. The fraction of sp³-hybridized carbons (Fsp3) is 0.538. The Bertz CT molecular complexity index is 614. The van der Waals surface area contributed by atoms with Gasteiger partial charge < -0.3 is 9.50 Å². The molecule has 1 aromatic rings. The SMILES string of the molecule is CCCNC1Cc2ccc(OS(=O)(=O)C(F)(F)F)cc2C1. The zero-order chi connectivity index (χ0) is 15.7. The van der Waals surface area contributed by atoms with Crippen LogP contribution in [0.4, 0.5) is 13.2 Å². The molecule has 0 spiro atoms. The monoisotopic (exact) mass is 323 g/mol. The van der Waals surface area contributed by atoms with Gasteiger partial charge in [0, 0.05) is 6.04 Å². The first-order valence-electron chi connectivity index (χ1n) is 6.59. The van der Waals surface area contributed by atoms with Crippen LogP contribution in [0.5, 0.6) is 5.75 Å². The Kier molecular flexibility index (Phi) is 4.48. The second kappa shape index (κ2) is 5.84. The molecule has 1 N–H and O–H groups in total. The molecule has 0 saturated heterocycles. The minimum Gasteiger partial charge on any atom is -0.376 e. The smallest absolute Gasteiger partial charge is 0.376 e. The van der Waals surface area contributed by atoms with Crippen LogP contribution in [-0.4, -0.2) is 26.5 Å². The second-order valence-corrected chi connectivity index (χ2v) is 6.51. The molecule has 2 rings (SSSR count). The van der Waals surface area contributed by atoms with Gasteiger partial charge in [-0.25, -0.2) is 0 Å². The Balaban J connectivity index is 2.11. The van der Waals surface area contributed by atoms with Gasteiger partial charge in [-0.15, -0.1) is 0 Å². The van der Waals surface area contributed by atoms with Crippen LogP contribution in [0.3, 0.4) is 0 Å². The Labute approximate surface area is 121 Å². The van der Waals surface area contributed by atoms with Gasteiger partial charge in [0.1, 0.15) is 5.75 Å². The number of halogens is 3. The molecule has 0 heterocycles. The van der Waals surface area contributed by atoms with Crippen molar-refractivity contribution >= 4 is 10.1 Å². The molecular formula is C13H16F3NO3S. The van der Waals surface area contributed by atoms with Crippen LogP contribution in [0, 0.1) is 0 Å². The normalized spacial score (nSPS) is 18.6. The van der Waals surface area contributed by atoms with Crippen LogP contribution in [0.1, 0.15) is 24.5 Å². The molecule has 0 amide bonds. The topological polar surface area (TPSA) is 55.4 Å². The number of alkyl halides is 3. The van der Waals surface area contributed by atoms with E-state index in [0.717, 1.165) is 30.5 Å². The van der Waals surface area contributed by atoms with Gasteiger partial charge in [0.25, 0.3) is 0 Å². The van der Waals surface area contributed by atoms with Gasteiger partial charge >= 0.3 is 15.6 Å². The van der Waals surface area contributed by atoms with Crippen molar-refractivity contribution in [2.45, 2.75) is 37.7 Å². The molecule has 1 aromatic carbocycles. The lowest BCUT2D eigenvalue weighted by Crippen LogP contribution is -2.30. The highest BCUT2D eigenvalue weighted by atomic mass is 32.2. The third-order valence-electron chi connectivity index (χ3n) is 3.28. The average Bonchev–Trinajstić information content (AvgIpc) is 2.76. The zero-order valence-corrected chi connectivity index (χ0v) is 12.2. The minimum atomic E-state index is -5.61. The van der Waals surface area contributed by atoms with Crippen molar-refractivity contribution < 1.29 is 25.8 Å². The van der Waals surface area contributed by atoms with Crippen molar-refractivity contribution in [3.63, 3.8) is 0 Å². The second-order valence-electron chi connectivity index (χ2n) is 4.97. The van der Waals surface area contributed by atoms with Crippen LogP contribution in [-0.2, 0) is 23.0 Å². The molecule has 0 radical (unpaired) electrons. The fourth-order valence-corrected chi connectivity index (χ4v) is 2.76. The molecule has 0 fully saturated rings. The molecule has 0 saturated carbocycles. The van der Waals surface area contributed by atoms with E-state index >= 15 is 0 Å². The fourth-order valence-electron chi connectivity index (χ4n) is 2.31. The van der Waals surface area contributed by atoms with E-state index in [-0.39, 0.29) is 11.8 Å². The Morgan fingerprint density at radius 1 is 1.29 bits per heavy atom. The molecule has 1 aliphatic carbocycles. The molecule has 8 heteroatoms. The summed E-state index contributed by atoms with van der Waals surface area (Å²) in [7, 11) is -5.61. The summed E-state index contributed by atoms with van der Waals surface area (Å²) >= 11 is 0. The van der Waals surface area contributed by atoms with Gasteiger partial charge in [0.2, 0.25) is 0 Å². The van der Waals surface area contributed by atoms with Crippen molar-refractivity contribution in [3.05, 3.63) is 29.3 Å². The van der Waals surface area contributed by atoms with E-state index in [1.165, 1.54) is 12.1 Å². The number of hydrogen-bond acceptors (Lipinski definition) is 4. The lowest BCUT2D eigenvalue weighted by atomic mass is 10.1. The molecule has 1 aliphatic rings. The van der Waals surface area contributed by atoms with Gasteiger partial charge in [0.05, 0.1) is 0 Å². The largest absolute Gasteiger partial charge is 0.534 e. The Hall–Kier alpha value is -1.28. The van der Waals surface area contributed by atoms with Crippen molar-refractivity contribution in [3.8, 4) is 5.75 Å². The third kappa shape index (κ3) is 3.68. The van der Waals surface area contributed by atoms with Crippen LogP contribution in [0.15, 0.2) is 18.2 Å². The molecule has 21 heavy (non-hydrogen) atoms. The van der Waals surface area contributed by atoms with Gasteiger partial charge in [-0.2, -0.15) is 21.6 Å². The van der Waals surface area contributed by atoms with E-state index < -0.39 is 15.6 Å². The van der Waals surface area contributed by atoms with Crippen LogP contribution in [0.2, 0.25) is 0 Å². The van der Waals surface area contributed by atoms with Crippen LogP contribution >= 0.6 is 0 Å². The van der Waals surface area contributed by atoms with E-state index in [4.69, 9.17) is 0 Å².